The quantitative estimate of drug-likeness (QED) is 0.625. The number of benzene rings is 1. The number of halogens is 2. The number of ketones is 1. The summed E-state index contributed by atoms with van der Waals surface area (Å²) >= 11 is 3.16. The smallest absolute Gasteiger partial charge is 0.190 e. The van der Waals surface area contributed by atoms with Crippen molar-refractivity contribution in [3.63, 3.8) is 0 Å². The monoisotopic (exact) mass is 299 g/mol. The molecular formula is C13H15BrFNO. The van der Waals surface area contributed by atoms with Gasteiger partial charge in [0.15, 0.2) is 5.78 Å². The lowest BCUT2D eigenvalue weighted by molar-refractivity contribution is 0.104. The molecule has 0 spiro atoms. The maximum atomic E-state index is 13.6. The highest BCUT2D eigenvalue weighted by Crippen LogP contribution is 2.17. The number of hydrogen-bond acceptors (Lipinski definition) is 2. The fourth-order valence-corrected chi connectivity index (χ4v) is 1.80. The Labute approximate surface area is 109 Å². The van der Waals surface area contributed by atoms with Crippen LogP contribution in [0, 0.1) is 5.82 Å². The first-order valence-corrected chi connectivity index (χ1v) is 6.12. The van der Waals surface area contributed by atoms with Gasteiger partial charge in [-0.15, -0.1) is 0 Å². The SMILES string of the molecule is CCC(=CC(=O)c1ccc(Br)cc1F)N(C)C. The Morgan fingerprint density at radius 3 is 2.59 bits per heavy atom. The summed E-state index contributed by atoms with van der Waals surface area (Å²) in [6.07, 6.45) is 2.21. The molecule has 0 fully saturated rings. The molecule has 2 nitrogen and oxygen atoms in total. The van der Waals surface area contributed by atoms with Crippen molar-refractivity contribution in [2.24, 2.45) is 0 Å². The second-order valence-corrected chi connectivity index (χ2v) is 4.79. The molecule has 0 aliphatic carbocycles. The van der Waals surface area contributed by atoms with Gasteiger partial charge in [-0.3, -0.25) is 4.79 Å². The van der Waals surface area contributed by atoms with Gasteiger partial charge in [-0.05, 0) is 24.6 Å². The molecule has 0 unspecified atom stereocenters. The van der Waals surface area contributed by atoms with E-state index in [0.29, 0.717) is 4.47 Å². The van der Waals surface area contributed by atoms with Crippen LogP contribution in [0.15, 0.2) is 34.4 Å². The first kappa shape index (κ1) is 13.9. The molecule has 92 valence electrons. The van der Waals surface area contributed by atoms with E-state index in [1.165, 1.54) is 18.2 Å². The molecule has 1 aromatic carbocycles. The molecule has 0 amide bonds. The maximum absolute atomic E-state index is 13.6. The third-order valence-electron chi connectivity index (χ3n) is 2.43. The average Bonchev–Trinajstić information content (AvgIpc) is 2.24. The van der Waals surface area contributed by atoms with Gasteiger partial charge in [-0.1, -0.05) is 22.9 Å². The lowest BCUT2D eigenvalue weighted by Gasteiger charge is -2.15. The molecule has 4 heteroatoms. The highest BCUT2D eigenvalue weighted by Gasteiger charge is 2.11. The predicted octanol–water partition coefficient (Wildman–Crippen LogP) is 3.63. The topological polar surface area (TPSA) is 20.3 Å². The first-order valence-electron chi connectivity index (χ1n) is 5.33. The lowest BCUT2D eigenvalue weighted by Crippen LogP contribution is -2.12. The molecule has 0 saturated heterocycles. The highest BCUT2D eigenvalue weighted by molar-refractivity contribution is 9.10. The van der Waals surface area contributed by atoms with Gasteiger partial charge in [0.2, 0.25) is 0 Å². The van der Waals surface area contributed by atoms with E-state index in [2.05, 4.69) is 15.9 Å². The molecule has 0 bridgehead atoms. The van der Waals surface area contributed by atoms with Gasteiger partial charge in [0, 0.05) is 30.3 Å². The van der Waals surface area contributed by atoms with Crippen molar-refractivity contribution in [1.29, 1.82) is 0 Å². The summed E-state index contributed by atoms with van der Waals surface area (Å²) in [5, 5.41) is 0. The van der Waals surface area contributed by atoms with Crippen molar-refractivity contribution in [2.75, 3.05) is 14.1 Å². The van der Waals surface area contributed by atoms with Crippen LogP contribution >= 0.6 is 15.9 Å². The van der Waals surface area contributed by atoms with E-state index in [-0.39, 0.29) is 11.3 Å². The number of hydrogen-bond donors (Lipinski definition) is 0. The third-order valence-corrected chi connectivity index (χ3v) is 2.92. The summed E-state index contributed by atoms with van der Waals surface area (Å²) in [5.41, 5.74) is 0.971. The number of carbonyl (C=O) groups excluding carboxylic acids is 1. The normalized spacial score (nSPS) is 11.5. The van der Waals surface area contributed by atoms with E-state index >= 15 is 0 Å². The molecule has 17 heavy (non-hydrogen) atoms. The van der Waals surface area contributed by atoms with E-state index < -0.39 is 5.82 Å². The minimum absolute atomic E-state index is 0.0981. The highest BCUT2D eigenvalue weighted by atomic mass is 79.9. The molecule has 1 rings (SSSR count). The Bertz CT molecular complexity index is 455. The van der Waals surface area contributed by atoms with Crippen LogP contribution in [0.1, 0.15) is 23.7 Å². The van der Waals surface area contributed by atoms with Crippen LogP contribution in [-0.4, -0.2) is 24.8 Å². The van der Waals surface area contributed by atoms with Crippen molar-refractivity contribution < 1.29 is 9.18 Å². The number of carbonyl (C=O) groups is 1. The summed E-state index contributed by atoms with van der Waals surface area (Å²) in [6, 6.07) is 4.44. The molecule has 0 aliphatic rings. The molecule has 0 aliphatic heterocycles. The van der Waals surface area contributed by atoms with E-state index in [1.807, 2.05) is 25.9 Å². The van der Waals surface area contributed by atoms with Crippen LogP contribution in [0.4, 0.5) is 4.39 Å². The molecule has 0 heterocycles. The van der Waals surface area contributed by atoms with Gasteiger partial charge in [0.1, 0.15) is 5.82 Å². The van der Waals surface area contributed by atoms with Gasteiger partial charge in [0.05, 0.1) is 5.56 Å². The van der Waals surface area contributed by atoms with E-state index in [0.717, 1.165) is 12.1 Å². The Morgan fingerprint density at radius 1 is 1.47 bits per heavy atom. The summed E-state index contributed by atoms with van der Waals surface area (Å²) in [4.78, 5) is 13.7. The fraction of sp³-hybridized carbons (Fsp3) is 0.308. The molecule has 0 saturated carbocycles. The molecule has 0 atom stereocenters. The van der Waals surface area contributed by atoms with Gasteiger partial charge in [-0.2, -0.15) is 0 Å². The second kappa shape index (κ2) is 5.96. The zero-order chi connectivity index (χ0) is 13.0. The van der Waals surface area contributed by atoms with Crippen molar-refractivity contribution >= 4 is 21.7 Å². The summed E-state index contributed by atoms with van der Waals surface area (Å²) in [6.45, 7) is 1.96. The average molecular weight is 300 g/mol. The van der Waals surface area contributed by atoms with Gasteiger partial charge >= 0.3 is 0 Å². The van der Waals surface area contributed by atoms with Crippen LogP contribution in [0.25, 0.3) is 0 Å². The lowest BCUT2D eigenvalue weighted by atomic mass is 10.1. The fourth-order valence-electron chi connectivity index (χ4n) is 1.47. The van der Waals surface area contributed by atoms with Crippen molar-refractivity contribution in [1.82, 2.24) is 4.90 Å². The first-order chi connectivity index (χ1) is 7.95. The molecule has 0 N–H and O–H groups in total. The molecule has 0 radical (unpaired) electrons. The van der Waals surface area contributed by atoms with E-state index in [9.17, 15) is 9.18 Å². The van der Waals surface area contributed by atoms with Crippen molar-refractivity contribution in [2.45, 2.75) is 13.3 Å². The largest absolute Gasteiger partial charge is 0.381 e. The van der Waals surface area contributed by atoms with Crippen LogP contribution in [0.2, 0.25) is 0 Å². The number of nitrogens with zero attached hydrogens (tertiary/aromatic N) is 1. The van der Waals surface area contributed by atoms with Gasteiger partial charge < -0.3 is 4.90 Å². The van der Waals surface area contributed by atoms with Crippen LogP contribution in [0.5, 0.6) is 0 Å². The molecule has 0 aromatic heterocycles. The summed E-state index contributed by atoms with van der Waals surface area (Å²) in [5.74, 6) is -0.810. The van der Waals surface area contributed by atoms with Gasteiger partial charge in [0.25, 0.3) is 0 Å². The van der Waals surface area contributed by atoms with Crippen LogP contribution in [0.3, 0.4) is 0 Å². The third kappa shape index (κ3) is 3.66. The minimum atomic E-state index is -0.505. The van der Waals surface area contributed by atoms with Gasteiger partial charge in [-0.25, -0.2) is 4.39 Å². The zero-order valence-electron chi connectivity index (χ0n) is 10.1. The van der Waals surface area contributed by atoms with E-state index in [4.69, 9.17) is 0 Å². The summed E-state index contributed by atoms with van der Waals surface area (Å²) < 4.78 is 14.2. The summed E-state index contributed by atoms with van der Waals surface area (Å²) in [7, 11) is 3.72. The Balaban J connectivity index is 3.05. The second-order valence-electron chi connectivity index (χ2n) is 3.87. The Morgan fingerprint density at radius 2 is 2.12 bits per heavy atom. The number of rotatable bonds is 4. The van der Waals surface area contributed by atoms with Crippen molar-refractivity contribution in [3.8, 4) is 0 Å². The Kier molecular flexibility index (Phi) is 4.87. The van der Waals surface area contributed by atoms with Crippen LogP contribution in [-0.2, 0) is 0 Å². The predicted molar refractivity (Wildman–Crippen MR) is 70.5 cm³/mol. The Hall–Kier alpha value is -1.16. The maximum Gasteiger partial charge on any atom is 0.190 e. The van der Waals surface area contributed by atoms with E-state index in [1.54, 1.807) is 6.07 Å². The number of allylic oxidation sites excluding steroid dienone is 2. The van der Waals surface area contributed by atoms with Crippen LogP contribution < -0.4 is 0 Å². The standard InChI is InChI=1S/C13H15BrFNO/c1-4-10(16(2)3)8-13(17)11-6-5-9(14)7-12(11)15/h5-8H,4H2,1-3H3. The zero-order valence-corrected chi connectivity index (χ0v) is 11.7. The molecule has 1 aromatic rings. The minimum Gasteiger partial charge on any atom is -0.381 e. The molecular weight excluding hydrogens is 285 g/mol. The van der Waals surface area contributed by atoms with Crippen molar-refractivity contribution in [3.05, 3.63) is 45.8 Å².